The third-order valence-corrected chi connectivity index (χ3v) is 11.0. The third-order valence-electron chi connectivity index (χ3n) is 11.0. The van der Waals surface area contributed by atoms with Gasteiger partial charge in [0.05, 0.1) is 0 Å². The van der Waals surface area contributed by atoms with E-state index in [9.17, 15) is 0 Å². The van der Waals surface area contributed by atoms with Crippen LogP contribution in [0.5, 0.6) is 0 Å². The molecule has 0 saturated carbocycles. The smallest absolute Gasteiger partial charge is 0.0471 e. The zero-order valence-corrected chi connectivity index (χ0v) is 26.5. The number of piperidine rings is 4. The fraction of sp³-hybridized carbons (Fsp3) is 1.00. The molecule has 1 unspecified atom stereocenters. The molecule has 0 aromatic rings. The number of hydrogen-bond donors (Lipinski definition) is 1. The minimum atomic E-state index is 0.655. The molecule has 5 fully saturated rings. The molecule has 5 rings (SSSR count). The van der Waals surface area contributed by atoms with E-state index in [1.54, 1.807) is 0 Å². The van der Waals surface area contributed by atoms with Gasteiger partial charge in [-0.1, -0.05) is 13.3 Å². The van der Waals surface area contributed by atoms with Crippen LogP contribution in [0.25, 0.3) is 0 Å². The van der Waals surface area contributed by atoms with Crippen LogP contribution in [0.2, 0.25) is 0 Å². The third kappa shape index (κ3) is 10.0. The van der Waals surface area contributed by atoms with E-state index in [0.29, 0.717) is 5.41 Å². The lowest BCUT2D eigenvalue weighted by Gasteiger charge is -2.45. The normalized spacial score (nSPS) is 27.5. The highest BCUT2D eigenvalue weighted by Gasteiger charge is 2.37. The van der Waals surface area contributed by atoms with Crippen LogP contribution in [-0.4, -0.2) is 98.4 Å². The van der Waals surface area contributed by atoms with Crippen LogP contribution < -0.4 is 5.32 Å². The lowest BCUT2D eigenvalue weighted by molar-refractivity contribution is -0.0265. The van der Waals surface area contributed by atoms with Crippen LogP contribution in [0.3, 0.4) is 0 Å². The van der Waals surface area contributed by atoms with Crippen LogP contribution in [0.1, 0.15) is 119 Å². The topological polar surface area (TPSA) is 31.0 Å². The molecule has 5 aliphatic rings. The van der Waals surface area contributed by atoms with Gasteiger partial charge < -0.3 is 24.8 Å². The number of hydrogen-bond acceptors (Lipinski definition) is 5. The van der Waals surface area contributed by atoms with Gasteiger partial charge in [0.15, 0.2) is 0 Å². The summed E-state index contributed by atoms with van der Waals surface area (Å²) in [5.41, 5.74) is 1.37. The van der Waals surface area contributed by atoms with Crippen molar-refractivity contribution in [2.75, 3.05) is 65.6 Å². The summed E-state index contributed by atoms with van der Waals surface area (Å²) in [6, 6.07) is 2.29. The Labute approximate surface area is 237 Å². The summed E-state index contributed by atoms with van der Waals surface area (Å²) < 4.78 is 5.48. The van der Waals surface area contributed by atoms with Crippen molar-refractivity contribution in [1.82, 2.24) is 20.0 Å². The maximum atomic E-state index is 5.48. The highest BCUT2D eigenvalue weighted by atomic mass is 16.5. The molecule has 0 radical (unpaired) electrons. The van der Waals surface area contributed by atoms with Crippen molar-refractivity contribution >= 4 is 0 Å². The van der Waals surface area contributed by atoms with Gasteiger partial charge in [-0.25, -0.2) is 0 Å². The van der Waals surface area contributed by atoms with E-state index in [0.717, 1.165) is 36.8 Å². The predicted molar refractivity (Wildman–Crippen MR) is 164 cm³/mol. The molecule has 224 valence electrons. The van der Waals surface area contributed by atoms with Crippen LogP contribution in [-0.2, 0) is 4.74 Å². The van der Waals surface area contributed by atoms with Gasteiger partial charge in [-0.2, -0.15) is 0 Å². The van der Waals surface area contributed by atoms with E-state index in [1.165, 1.54) is 129 Å². The van der Waals surface area contributed by atoms with Gasteiger partial charge in [0, 0.05) is 31.3 Å². The molecular weight excluding hydrogens is 468 g/mol. The quantitative estimate of drug-likeness (QED) is 0.450. The first-order valence-electron chi connectivity index (χ1n) is 16.8. The molecule has 5 heteroatoms. The number of likely N-dealkylation sites (tertiary alicyclic amines) is 3. The second-order valence-electron chi connectivity index (χ2n) is 14.0. The zero-order valence-electron chi connectivity index (χ0n) is 26.5. The molecule has 5 heterocycles. The highest BCUT2D eigenvalue weighted by Crippen LogP contribution is 2.41. The summed E-state index contributed by atoms with van der Waals surface area (Å²) in [7, 11) is 0. The number of rotatable bonds is 4. The van der Waals surface area contributed by atoms with E-state index in [-0.39, 0.29) is 0 Å². The first kappa shape index (κ1) is 32.3. The lowest BCUT2D eigenvalue weighted by atomic mass is 9.71. The van der Waals surface area contributed by atoms with Crippen molar-refractivity contribution in [3.05, 3.63) is 0 Å². The Balaban J connectivity index is 0.000000163. The number of nitrogens with one attached hydrogen (secondary N) is 1. The van der Waals surface area contributed by atoms with Crippen molar-refractivity contribution in [1.29, 1.82) is 0 Å². The highest BCUT2D eigenvalue weighted by molar-refractivity contribution is 4.90. The molecule has 2 spiro atoms. The molecule has 0 amide bonds. The first-order chi connectivity index (χ1) is 18.3. The second-order valence-corrected chi connectivity index (χ2v) is 14.0. The molecule has 5 nitrogen and oxygen atoms in total. The fourth-order valence-corrected chi connectivity index (χ4v) is 7.41. The minimum absolute atomic E-state index is 0.655. The largest absolute Gasteiger partial charge is 0.381 e. The van der Waals surface area contributed by atoms with Crippen LogP contribution in [0, 0.1) is 10.8 Å². The Kier molecular flexibility index (Phi) is 13.9. The van der Waals surface area contributed by atoms with E-state index >= 15 is 0 Å². The molecule has 0 aliphatic carbocycles. The van der Waals surface area contributed by atoms with Crippen LogP contribution in [0.4, 0.5) is 0 Å². The van der Waals surface area contributed by atoms with Crippen LogP contribution in [0.15, 0.2) is 0 Å². The summed E-state index contributed by atoms with van der Waals surface area (Å²) in [5, 5.41) is 3.48. The Morgan fingerprint density at radius 2 is 1.03 bits per heavy atom. The van der Waals surface area contributed by atoms with E-state index < -0.39 is 0 Å². The lowest BCUT2D eigenvalue weighted by Crippen LogP contribution is -2.47. The summed E-state index contributed by atoms with van der Waals surface area (Å²) in [6.45, 7) is 26.3. The minimum Gasteiger partial charge on any atom is -0.381 e. The zero-order chi connectivity index (χ0) is 27.4. The van der Waals surface area contributed by atoms with E-state index in [2.05, 4.69) is 61.6 Å². The van der Waals surface area contributed by atoms with Crippen molar-refractivity contribution in [3.8, 4) is 0 Å². The summed E-state index contributed by atoms with van der Waals surface area (Å²) in [4.78, 5) is 7.86. The van der Waals surface area contributed by atoms with Gasteiger partial charge in [0.2, 0.25) is 0 Å². The summed E-state index contributed by atoms with van der Waals surface area (Å²) >= 11 is 0. The Hall–Kier alpha value is -0.200. The Morgan fingerprint density at radius 1 is 0.579 bits per heavy atom. The molecule has 5 saturated heterocycles. The van der Waals surface area contributed by atoms with Gasteiger partial charge in [0.25, 0.3) is 0 Å². The maximum Gasteiger partial charge on any atom is 0.0471 e. The van der Waals surface area contributed by atoms with Crippen molar-refractivity contribution < 1.29 is 4.74 Å². The Bertz CT molecular complexity index is 600. The van der Waals surface area contributed by atoms with Crippen LogP contribution >= 0.6 is 0 Å². The molecule has 1 N–H and O–H groups in total. The standard InChI is InChI=1S/C13H25NO.C12H24N2.C8H17N/c1-3-12(2)14-8-4-13(5-9-14)6-10-15-11-7-13;1-11(2)14-9-5-12(6-10-14)3-7-13-8-4-12;1-8(2)9-6-4-3-5-7-9/h12H,3-11H2,1-2H3;11,13H,3-10H2,1-2H3;8H,3-7H2,1-2H3. The molecule has 1 atom stereocenters. The van der Waals surface area contributed by atoms with Crippen molar-refractivity contribution in [2.24, 2.45) is 10.8 Å². The van der Waals surface area contributed by atoms with E-state index in [1.807, 2.05) is 0 Å². The number of nitrogens with zero attached hydrogens (tertiary/aromatic N) is 3. The average Bonchev–Trinajstić information content (AvgIpc) is 2.95. The van der Waals surface area contributed by atoms with Gasteiger partial charge in [-0.15, -0.1) is 0 Å². The monoisotopic (exact) mass is 535 g/mol. The van der Waals surface area contributed by atoms with Gasteiger partial charge in [0.1, 0.15) is 0 Å². The predicted octanol–water partition coefficient (Wildman–Crippen LogP) is 6.42. The molecule has 5 aliphatic heterocycles. The summed E-state index contributed by atoms with van der Waals surface area (Å²) in [5.74, 6) is 0. The molecule has 38 heavy (non-hydrogen) atoms. The maximum absolute atomic E-state index is 5.48. The Morgan fingerprint density at radius 3 is 1.47 bits per heavy atom. The first-order valence-corrected chi connectivity index (χ1v) is 16.8. The molecular formula is C33H66N4O. The number of ether oxygens (including phenoxy) is 1. The molecule has 0 bridgehead atoms. The SMILES string of the molecule is CC(C)N1CCC2(CCNCC2)CC1.CC(C)N1CCCCC1.CCC(C)N1CCC2(CCOCC2)CC1. The van der Waals surface area contributed by atoms with Gasteiger partial charge in [-0.3, -0.25) is 0 Å². The van der Waals surface area contributed by atoms with Crippen molar-refractivity contribution in [2.45, 2.75) is 137 Å². The van der Waals surface area contributed by atoms with Crippen molar-refractivity contribution in [3.63, 3.8) is 0 Å². The fourth-order valence-electron chi connectivity index (χ4n) is 7.41. The second kappa shape index (κ2) is 16.3. The average molecular weight is 535 g/mol. The molecule has 0 aromatic heterocycles. The van der Waals surface area contributed by atoms with E-state index in [4.69, 9.17) is 4.74 Å². The van der Waals surface area contributed by atoms with Gasteiger partial charge in [-0.05, 0) is 168 Å². The van der Waals surface area contributed by atoms with Gasteiger partial charge >= 0.3 is 0 Å². The summed E-state index contributed by atoms with van der Waals surface area (Å²) in [6.07, 6.45) is 16.7. The molecule has 0 aromatic carbocycles.